The molecule has 3 rings (SSSR count). The normalized spacial score (nSPS) is 14.8. The number of amides is 1. The van der Waals surface area contributed by atoms with E-state index in [1.165, 1.54) is 11.3 Å². The van der Waals surface area contributed by atoms with Crippen LogP contribution in [0.15, 0.2) is 35.7 Å². The van der Waals surface area contributed by atoms with Crippen molar-refractivity contribution < 1.29 is 9.53 Å². The number of anilines is 2. The Morgan fingerprint density at radius 2 is 2.04 bits per heavy atom. The number of thiophene rings is 1. The molecule has 5 nitrogen and oxygen atoms in total. The summed E-state index contributed by atoms with van der Waals surface area (Å²) in [5, 5.41) is 1.90. The maximum atomic E-state index is 12.7. The fourth-order valence-electron chi connectivity index (χ4n) is 2.76. The van der Waals surface area contributed by atoms with Gasteiger partial charge < -0.3 is 20.3 Å². The maximum absolute atomic E-state index is 12.7. The van der Waals surface area contributed by atoms with Gasteiger partial charge in [0.15, 0.2) is 0 Å². The predicted molar refractivity (Wildman–Crippen MR) is 94.5 cm³/mol. The predicted octanol–water partition coefficient (Wildman–Crippen LogP) is 2.69. The Labute approximate surface area is 140 Å². The fourth-order valence-corrected chi connectivity index (χ4v) is 3.56. The first-order chi connectivity index (χ1) is 11.2. The fraction of sp³-hybridized carbons (Fsp3) is 0.353. The van der Waals surface area contributed by atoms with E-state index >= 15 is 0 Å². The molecule has 122 valence electrons. The molecule has 1 aromatic carbocycles. The second-order valence-corrected chi connectivity index (χ2v) is 6.34. The third kappa shape index (κ3) is 3.42. The van der Waals surface area contributed by atoms with Crippen molar-refractivity contribution in [1.82, 2.24) is 4.90 Å². The van der Waals surface area contributed by atoms with Gasteiger partial charge in [0.1, 0.15) is 10.6 Å². The first-order valence-electron chi connectivity index (χ1n) is 7.79. The minimum atomic E-state index is 0.0654. The van der Waals surface area contributed by atoms with E-state index in [0.29, 0.717) is 30.3 Å². The van der Waals surface area contributed by atoms with Gasteiger partial charge in [0.2, 0.25) is 0 Å². The van der Waals surface area contributed by atoms with E-state index in [4.69, 9.17) is 10.5 Å². The van der Waals surface area contributed by atoms with E-state index in [2.05, 4.69) is 11.0 Å². The molecule has 0 bridgehead atoms. The Balaban J connectivity index is 1.64. The van der Waals surface area contributed by atoms with Crippen LogP contribution in [-0.2, 0) is 0 Å². The molecule has 0 spiro atoms. The highest BCUT2D eigenvalue weighted by Gasteiger charge is 2.25. The van der Waals surface area contributed by atoms with Gasteiger partial charge in [0.25, 0.3) is 5.91 Å². The number of carbonyl (C=O) groups excluding carboxylic acids is 1. The summed E-state index contributed by atoms with van der Waals surface area (Å²) in [5.41, 5.74) is 7.73. The number of nitrogens with zero attached hydrogens (tertiary/aromatic N) is 2. The SMILES string of the molecule is CCOc1ccsc1C(=O)N1CCN(c2cccc(N)c2)CC1. The van der Waals surface area contributed by atoms with Crippen LogP contribution in [0.2, 0.25) is 0 Å². The van der Waals surface area contributed by atoms with Crippen molar-refractivity contribution in [1.29, 1.82) is 0 Å². The first-order valence-corrected chi connectivity index (χ1v) is 8.67. The lowest BCUT2D eigenvalue weighted by molar-refractivity contribution is 0.0748. The van der Waals surface area contributed by atoms with Crippen LogP contribution >= 0.6 is 11.3 Å². The van der Waals surface area contributed by atoms with Crippen molar-refractivity contribution in [3.05, 3.63) is 40.6 Å². The third-order valence-corrected chi connectivity index (χ3v) is 4.81. The van der Waals surface area contributed by atoms with Gasteiger partial charge in [-0.3, -0.25) is 4.79 Å². The van der Waals surface area contributed by atoms with Crippen LogP contribution in [-0.4, -0.2) is 43.6 Å². The summed E-state index contributed by atoms with van der Waals surface area (Å²) >= 11 is 1.44. The highest BCUT2D eigenvalue weighted by Crippen LogP contribution is 2.27. The van der Waals surface area contributed by atoms with Crippen molar-refractivity contribution in [3.63, 3.8) is 0 Å². The Morgan fingerprint density at radius 3 is 2.74 bits per heavy atom. The van der Waals surface area contributed by atoms with E-state index in [1.54, 1.807) is 0 Å². The van der Waals surface area contributed by atoms with Gasteiger partial charge in [-0.1, -0.05) is 6.07 Å². The number of nitrogens with two attached hydrogens (primary N) is 1. The molecular weight excluding hydrogens is 310 g/mol. The standard InChI is InChI=1S/C17H21N3O2S/c1-2-22-15-6-11-23-16(15)17(21)20-9-7-19(8-10-20)14-5-3-4-13(18)12-14/h3-6,11-12H,2,7-10,18H2,1H3. The topological polar surface area (TPSA) is 58.8 Å². The monoisotopic (exact) mass is 331 g/mol. The van der Waals surface area contributed by atoms with Crippen molar-refractivity contribution >= 4 is 28.6 Å². The molecular formula is C17H21N3O2S. The first kappa shape index (κ1) is 15.7. The molecule has 1 amide bonds. The molecule has 1 aliphatic rings. The van der Waals surface area contributed by atoms with Crippen molar-refractivity contribution in [2.45, 2.75) is 6.92 Å². The summed E-state index contributed by atoms with van der Waals surface area (Å²) in [7, 11) is 0. The van der Waals surface area contributed by atoms with Crippen molar-refractivity contribution in [2.24, 2.45) is 0 Å². The minimum absolute atomic E-state index is 0.0654. The zero-order chi connectivity index (χ0) is 16.2. The molecule has 1 fully saturated rings. The molecule has 0 unspecified atom stereocenters. The lowest BCUT2D eigenvalue weighted by atomic mass is 10.2. The van der Waals surface area contributed by atoms with Crippen LogP contribution in [0.3, 0.4) is 0 Å². The van der Waals surface area contributed by atoms with Crippen molar-refractivity contribution in [2.75, 3.05) is 43.4 Å². The van der Waals surface area contributed by atoms with E-state index in [9.17, 15) is 4.79 Å². The van der Waals surface area contributed by atoms with Crippen LogP contribution < -0.4 is 15.4 Å². The van der Waals surface area contributed by atoms with E-state index in [1.807, 2.05) is 41.5 Å². The summed E-state index contributed by atoms with van der Waals surface area (Å²) in [5.74, 6) is 0.761. The Bertz CT molecular complexity index is 678. The maximum Gasteiger partial charge on any atom is 0.267 e. The zero-order valence-corrected chi connectivity index (χ0v) is 14.0. The Hall–Kier alpha value is -2.21. The number of hydrogen-bond acceptors (Lipinski definition) is 5. The summed E-state index contributed by atoms with van der Waals surface area (Å²) < 4.78 is 5.53. The smallest absolute Gasteiger partial charge is 0.267 e. The molecule has 23 heavy (non-hydrogen) atoms. The molecule has 2 heterocycles. The highest BCUT2D eigenvalue weighted by atomic mass is 32.1. The average Bonchev–Trinajstić information content (AvgIpc) is 3.03. The average molecular weight is 331 g/mol. The molecule has 1 saturated heterocycles. The van der Waals surface area contributed by atoms with Gasteiger partial charge >= 0.3 is 0 Å². The Morgan fingerprint density at radius 1 is 1.26 bits per heavy atom. The molecule has 0 atom stereocenters. The molecule has 2 N–H and O–H groups in total. The van der Waals surface area contributed by atoms with Gasteiger partial charge in [-0.25, -0.2) is 0 Å². The second-order valence-electron chi connectivity index (χ2n) is 5.42. The molecule has 0 aliphatic carbocycles. The van der Waals surface area contributed by atoms with Gasteiger partial charge in [0, 0.05) is 37.6 Å². The lowest BCUT2D eigenvalue weighted by Gasteiger charge is -2.36. The number of hydrogen-bond donors (Lipinski definition) is 1. The van der Waals surface area contributed by atoms with Gasteiger partial charge in [0.05, 0.1) is 6.61 Å². The molecule has 1 aromatic heterocycles. The van der Waals surface area contributed by atoms with E-state index < -0.39 is 0 Å². The molecule has 1 aliphatic heterocycles. The second kappa shape index (κ2) is 6.91. The van der Waals surface area contributed by atoms with E-state index in [0.717, 1.165) is 24.5 Å². The highest BCUT2D eigenvalue weighted by molar-refractivity contribution is 7.12. The number of rotatable bonds is 4. The number of benzene rings is 1. The largest absolute Gasteiger partial charge is 0.492 e. The lowest BCUT2D eigenvalue weighted by Crippen LogP contribution is -2.48. The number of ether oxygens (including phenoxy) is 1. The van der Waals surface area contributed by atoms with Crippen molar-refractivity contribution in [3.8, 4) is 5.75 Å². The summed E-state index contributed by atoms with van der Waals surface area (Å²) in [4.78, 5) is 17.5. The summed E-state index contributed by atoms with van der Waals surface area (Å²) in [6, 6.07) is 9.74. The van der Waals surface area contributed by atoms with E-state index in [-0.39, 0.29) is 5.91 Å². The number of nitrogen functional groups attached to an aromatic ring is 1. The van der Waals surface area contributed by atoms with Gasteiger partial charge in [-0.15, -0.1) is 11.3 Å². The third-order valence-electron chi connectivity index (χ3n) is 3.93. The van der Waals surface area contributed by atoms with Crippen LogP contribution in [0.5, 0.6) is 5.75 Å². The van der Waals surface area contributed by atoms with Gasteiger partial charge in [-0.2, -0.15) is 0 Å². The number of carbonyl (C=O) groups is 1. The minimum Gasteiger partial charge on any atom is -0.492 e. The molecule has 0 saturated carbocycles. The Kier molecular flexibility index (Phi) is 4.71. The quantitative estimate of drug-likeness (QED) is 0.875. The number of piperazine rings is 1. The molecule has 2 aromatic rings. The summed E-state index contributed by atoms with van der Waals surface area (Å²) in [6.45, 7) is 5.53. The van der Waals surface area contributed by atoms with Crippen LogP contribution in [0.25, 0.3) is 0 Å². The summed E-state index contributed by atoms with van der Waals surface area (Å²) in [6.07, 6.45) is 0. The molecule has 6 heteroatoms. The van der Waals surface area contributed by atoms with Gasteiger partial charge in [-0.05, 0) is 36.6 Å². The molecule has 0 radical (unpaired) electrons. The van der Waals surface area contributed by atoms with Crippen LogP contribution in [0.1, 0.15) is 16.6 Å². The van der Waals surface area contributed by atoms with Crippen LogP contribution in [0, 0.1) is 0 Å². The van der Waals surface area contributed by atoms with Crippen LogP contribution in [0.4, 0.5) is 11.4 Å². The zero-order valence-electron chi connectivity index (χ0n) is 13.2.